The Hall–Kier alpha value is -0.940. The van der Waals surface area contributed by atoms with E-state index in [1.807, 2.05) is 27.7 Å². The Balaban J connectivity index is 0. The van der Waals surface area contributed by atoms with Crippen molar-refractivity contribution < 1.29 is 19.1 Å². The van der Waals surface area contributed by atoms with E-state index >= 15 is 0 Å². The van der Waals surface area contributed by atoms with Crippen molar-refractivity contribution >= 4 is 11.7 Å². The minimum Gasteiger partial charge on any atom is -0.351 e. The number of Topliss-reactive ketones (excluding diaryl/α,β-unsaturated/α-hetero) is 1. The number of hydrogen-bond acceptors (Lipinski definition) is 4. The third-order valence-electron chi connectivity index (χ3n) is 6.30. The first-order chi connectivity index (χ1) is 15.9. The summed E-state index contributed by atoms with van der Waals surface area (Å²) >= 11 is 0. The molecular formula is C31H63NO4. The second kappa shape index (κ2) is 14.3. The Morgan fingerprint density at radius 3 is 1.47 bits per heavy atom. The fourth-order valence-electron chi connectivity index (χ4n) is 5.12. The summed E-state index contributed by atoms with van der Waals surface area (Å²) in [4.78, 5) is 24.6. The molecular weight excluding hydrogens is 450 g/mol. The van der Waals surface area contributed by atoms with Crippen LogP contribution in [0.5, 0.6) is 0 Å². The highest BCUT2D eigenvalue weighted by Crippen LogP contribution is 2.39. The molecule has 0 aromatic heterocycles. The van der Waals surface area contributed by atoms with Crippen molar-refractivity contribution in [3.05, 3.63) is 0 Å². The second-order valence-electron chi connectivity index (χ2n) is 14.8. The Kier molecular flexibility index (Phi) is 14.8. The van der Waals surface area contributed by atoms with Crippen LogP contribution < -0.4 is 5.32 Å². The Bertz CT molecular complexity index is 672. The van der Waals surface area contributed by atoms with Crippen LogP contribution in [0.4, 0.5) is 0 Å². The molecule has 5 nitrogen and oxygen atoms in total. The predicted molar refractivity (Wildman–Crippen MR) is 154 cm³/mol. The molecule has 0 fully saturated rings. The molecule has 0 bridgehead atoms. The minimum absolute atomic E-state index is 0.0517. The van der Waals surface area contributed by atoms with Gasteiger partial charge in [-0.1, -0.05) is 76.2 Å². The molecule has 0 atom stereocenters. The summed E-state index contributed by atoms with van der Waals surface area (Å²) in [5.74, 6) is -0.414. The summed E-state index contributed by atoms with van der Waals surface area (Å²) in [5, 5.41) is 3.25. The lowest BCUT2D eigenvalue weighted by Crippen LogP contribution is -2.48. The first kappa shape index (κ1) is 37.2. The molecule has 0 aliphatic heterocycles. The monoisotopic (exact) mass is 513 g/mol. The van der Waals surface area contributed by atoms with Crippen LogP contribution >= 0.6 is 0 Å². The molecule has 0 heterocycles. The molecule has 0 aromatic rings. The van der Waals surface area contributed by atoms with Crippen LogP contribution in [0.1, 0.15) is 143 Å². The molecule has 0 spiro atoms. The van der Waals surface area contributed by atoms with Gasteiger partial charge in [0.2, 0.25) is 5.91 Å². The molecule has 0 aromatic carbocycles. The van der Waals surface area contributed by atoms with E-state index in [0.29, 0.717) is 26.1 Å². The number of carbonyl (C=O) groups excluding carboxylic acids is 2. The zero-order valence-corrected chi connectivity index (χ0v) is 27.1. The van der Waals surface area contributed by atoms with Crippen LogP contribution in [0.3, 0.4) is 0 Å². The number of rotatable bonds is 16. The van der Waals surface area contributed by atoms with Gasteiger partial charge in [-0.05, 0) is 75.5 Å². The molecule has 0 aliphatic rings. The fourth-order valence-corrected chi connectivity index (χ4v) is 5.12. The minimum atomic E-state index is -0.659. The van der Waals surface area contributed by atoms with Crippen LogP contribution in [0.25, 0.3) is 0 Å². The lowest BCUT2D eigenvalue weighted by Gasteiger charge is -2.39. The topological polar surface area (TPSA) is 64.6 Å². The predicted octanol–water partition coefficient (Wildman–Crippen LogP) is 8.34. The summed E-state index contributed by atoms with van der Waals surface area (Å²) in [5.41, 5.74) is -0.699. The molecule has 0 radical (unpaired) electrons. The van der Waals surface area contributed by atoms with E-state index in [1.54, 1.807) is 6.92 Å². The van der Waals surface area contributed by atoms with E-state index in [2.05, 4.69) is 81.5 Å². The van der Waals surface area contributed by atoms with Gasteiger partial charge in [0.1, 0.15) is 5.78 Å². The van der Waals surface area contributed by atoms with Crippen molar-refractivity contribution in [2.24, 2.45) is 21.7 Å². The van der Waals surface area contributed by atoms with Crippen molar-refractivity contribution in [3.8, 4) is 0 Å². The van der Waals surface area contributed by atoms with Gasteiger partial charge in [-0.25, -0.2) is 0 Å². The first-order valence-electron chi connectivity index (χ1n) is 14.0. The van der Waals surface area contributed by atoms with Gasteiger partial charge >= 0.3 is 0 Å². The number of hydrogen-bond donors (Lipinski definition) is 1. The fraction of sp³-hybridized carbons (Fsp3) is 0.935. The van der Waals surface area contributed by atoms with Gasteiger partial charge in [0.05, 0.1) is 13.2 Å². The standard InChI is InChI=1S/C29H57NO4.C2H6/c1-15-24(3,4)20-33-29(13,14)34-21-27(9,10)19-28(11,12)30-23(32)17-26(7,8)18-25(5,6)16-22(2)31;1-2/h15-21H2,1-14H3,(H,30,32);1-2H3. The molecule has 0 rings (SSSR count). The largest absolute Gasteiger partial charge is 0.351 e. The maximum atomic E-state index is 13.0. The van der Waals surface area contributed by atoms with Crippen molar-refractivity contribution in [2.45, 2.75) is 154 Å². The zero-order chi connectivity index (χ0) is 29.2. The van der Waals surface area contributed by atoms with Gasteiger partial charge in [-0.15, -0.1) is 0 Å². The van der Waals surface area contributed by atoms with Crippen molar-refractivity contribution in [1.82, 2.24) is 5.32 Å². The van der Waals surface area contributed by atoms with E-state index in [1.165, 1.54) is 0 Å². The number of amides is 1. The molecule has 216 valence electrons. The average molecular weight is 514 g/mol. The number of ketones is 1. The van der Waals surface area contributed by atoms with E-state index in [4.69, 9.17) is 9.47 Å². The van der Waals surface area contributed by atoms with Crippen LogP contribution in [-0.4, -0.2) is 36.2 Å². The zero-order valence-electron chi connectivity index (χ0n) is 27.1. The molecule has 0 aliphatic carbocycles. The summed E-state index contributed by atoms with van der Waals surface area (Å²) in [6.45, 7) is 34.3. The van der Waals surface area contributed by atoms with Crippen LogP contribution in [0, 0.1) is 21.7 Å². The highest BCUT2D eigenvalue weighted by molar-refractivity contribution is 5.77. The Morgan fingerprint density at radius 2 is 1.06 bits per heavy atom. The van der Waals surface area contributed by atoms with Crippen LogP contribution in [0.2, 0.25) is 0 Å². The lowest BCUT2D eigenvalue weighted by atomic mass is 9.71. The summed E-state index contributed by atoms with van der Waals surface area (Å²) in [7, 11) is 0. The maximum absolute atomic E-state index is 13.0. The van der Waals surface area contributed by atoms with Crippen LogP contribution in [-0.2, 0) is 19.1 Å². The Morgan fingerprint density at radius 1 is 0.639 bits per heavy atom. The molecule has 0 saturated carbocycles. The van der Waals surface area contributed by atoms with Gasteiger partial charge in [-0.2, -0.15) is 0 Å². The van der Waals surface area contributed by atoms with E-state index in [9.17, 15) is 9.59 Å². The van der Waals surface area contributed by atoms with Crippen molar-refractivity contribution in [2.75, 3.05) is 13.2 Å². The molecule has 5 heteroatoms. The molecule has 0 saturated heterocycles. The second-order valence-corrected chi connectivity index (χ2v) is 14.8. The number of ether oxygens (including phenoxy) is 2. The van der Waals surface area contributed by atoms with Gasteiger partial charge in [0.15, 0.2) is 5.79 Å². The molecule has 0 unspecified atom stereocenters. The van der Waals surface area contributed by atoms with Gasteiger partial charge in [0.25, 0.3) is 0 Å². The third kappa shape index (κ3) is 18.3. The van der Waals surface area contributed by atoms with Crippen molar-refractivity contribution in [1.29, 1.82) is 0 Å². The smallest absolute Gasteiger partial charge is 0.220 e. The molecule has 1 amide bonds. The maximum Gasteiger partial charge on any atom is 0.220 e. The van der Waals surface area contributed by atoms with E-state index in [0.717, 1.165) is 19.3 Å². The molecule has 1 N–H and O–H groups in total. The Labute approximate surface area is 225 Å². The average Bonchev–Trinajstić information content (AvgIpc) is 2.62. The summed E-state index contributed by atoms with van der Waals surface area (Å²) in [6.07, 6.45) is 3.61. The van der Waals surface area contributed by atoms with E-state index < -0.39 is 5.79 Å². The van der Waals surface area contributed by atoms with Gasteiger partial charge < -0.3 is 19.6 Å². The SMILES string of the molecule is CC.CCC(C)(C)COC(C)(C)OCC(C)(C)CC(C)(C)NC(=O)CC(C)(C)CC(C)(C)CC(C)=O. The summed E-state index contributed by atoms with van der Waals surface area (Å²) in [6, 6.07) is 0. The van der Waals surface area contributed by atoms with Crippen LogP contribution in [0.15, 0.2) is 0 Å². The normalized spacial score (nSPS) is 13.7. The van der Waals surface area contributed by atoms with Gasteiger partial charge in [0, 0.05) is 18.4 Å². The lowest BCUT2D eigenvalue weighted by molar-refractivity contribution is -0.237. The highest BCUT2D eigenvalue weighted by Gasteiger charge is 2.36. The highest BCUT2D eigenvalue weighted by atomic mass is 16.7. The number of carbonyl (C=O) groups is 2. The molecule has 36 heavy (non-hydrogen) atoms. The first-order valence-corrected chi connectivity index (χ1v) is 14.0. The van der Waals surface area contributed by atoms with Gasteiger partial charge in [-0.3, -0.25) is 4.79 Å². The quantitative estimate of drug-likeness (QED) is 0.211. The third-order valence-corrected chi connectivity index (χ3v) is 6.30. The van der Waals surface area contributed by atoms with Crippen molar-refractivity contribution in [3.63, 3.8) is 0 Å². The van der Waals surface area contributed by atoms with E-state index in [-0.39, 0.29) is 38.9 Å². The number of nitrogens with one attached hydrogen (secondary N) is 1. The summed E-state index contributed by atoms with van der Waals surface area (Å²) < 4.78 is 12.3.